The molecule has 1 aliphatic rings. The minimum Gasteiger partial charge on any atom is -0.395 e. The molecule has 104 valence electrons. The molecule has 0 saturated carbocycles. The maximum Gasteiger partial charge on any atom is 0.0746 e. The van der Waals surface area contributed by atoms with Gasteiger partial charge in [-0.05, 0) is 32.4 Å². The molecular weight excluding hydrogens is 258 g/mol. The number of β-amino-alcohol motifs (C(OH)–C–C–N with tert-alkyl or cyclic N) is 1. The van der Waals surface area contributed by atoms with Gasteiger partial charge in [-0.1, -0.05) is 11.8 Å². The summed E-state index contributed by atoms with van der Waals surface area (Å²) in [6.07, 6.45) is 2.48. The molecule has 3 nitrogen and oxygen atoms in total. The van der Waals surface area contributed by atoms with Crippen molar-refractivity contribution in [1.82, 2.24) is 4.90 Å². The van der Waals surface area contributed by atoms with Gasteiger partial charge in [0.05, 0.1) is 12.2 Å². The van der Waals surface area contributed by atoms with Crippen molar-refractivity contribution < 1.29 is 10.2 Å². The fourth-order valence-corrected chi connectivity index (χ4v) is 3.29. The predicted octanol–water partition coefficient (Wildman–Crippen LogP) is 1.83. The van der Waals surface area contributed by atoms with Crippen LogP contribution >= 0.6 is 11.3 Å². The summed E-state index contributed by atoms with van der Waals surface area (Å²) in [6, 6.07) is 2.11. The molecule has 2 rings (SSSR count). The van der Waals surface area contributed by atoms with Crippen molar-refractivity contribution in [3.05, 3.63) is 21.9 Å². The Morgan fingerprint density at radius 1 is 1.53 bits per heavy atom. The summed E-state index contributed by atoms with van der Waals surface area (Å²) in [5.41, 5.74) is 0.483. The molecule has 0 amide bonds. The third-order valence-corrected chi connectivity index (χ3v) is 4.18. The van der Waals surface area contributed by atoms with E-state index in [0.717, 1.165) is 38.0 Å². The van der Waals surface area contributed by atoms with Gasteiger partial charge in [0.2, 0.25) is 0 Å². The lowest BCUT2D eigenvalue weighted by Gasteiger charge is -2.36. The van der Waals surface area contributed by atoms with Crippen LogP contribution in [0.3, 0.4) is 0 Å². The number of aliphatic hydroxyl groups excluding tert-OH is 1. The summed E-state index contributed by atoms with van der Waals surface area (Å²) in [5.74, 6) is 5.99. The molecule has 0 aliphatic carbocycles. The van der Waals surface area contributed by atoms with Crippen LogP contribution in [0, 0.1) is 11.8 Å². The molecule has 1 saturated heterocycles. The van der Waals surface area contributed by atoms with E-state index in [1.807, 2.05) is 6.92 Å². The molecule has 1 aliphatic heterocycles. The minimum absolute atomic E-state index is 0.118. The third kappa shape index (κ3) is 4.63. The molecule has 2 N–H and O–H groups in total. The molecule has 1 atom stereocenters. The quantitative estimate of drug-likeness (QED) is 0.830. The topological polar surface area (TPSA) is 43.7 Å². The van der Waals surface area contributed by atoms with Crippen LogP contribution < -0.4 is 0 Å². The van der Waals surface area contributed by atoms with Gasteiger partial charge in [-0.3, -0.25) is 4.90 Å². The lowest BCUT2D eigenvalue weighted by Crippen LogP contribution is -2.45. The van der Waals surface area contributed by atoms with E-state index >= 15 is 0 Å². The Bertz CT molecular complexity index is 470. The molecule has 4 heteroatoms. The molecule has 0 radical (unpaired) electrons. The van der Waals surface area contributed by atoms with E-state index in [9.17, 15) is 5.11 Å². The number of nitrogens with zero attached hydrogens (tertiary/aromatic N) is 1. The average Bonchev–Trinajstić information content (AvgIpc) is 2.76. The van der Waals surface area contributed by atoms with Gasteiger partial charge in [-0.15, -0.1) is 11.3 Å². The van der Waals surface area contributed by atoms with Crippen molar-refractivity contribution in [2.75, 3.05) is 19.7 Å². The Hall–Kier alpha value is -0.860. The van der Waals surface area contributed by atoms with Gasteiger partial charge in [0.15, 0.2) is 0 Å². The van der Waals surface area contributed by atoms with Gasteiger partial charge in [-0.2, -0.15) is 0 Å². The Labute approximate surface area is 118 Å². The van der Waals surface area contributed by atoms with E-state index in [1.54, 1.807) is 11.3 Å². The van der Waals surface area contributed by atoms with Crippen molar-refractivity contribution in [2.45, 2.75) is 38.3 Å². The standard InChI is InChI=1S/C15H21NO2S/c1-15(18)6-4-7-16(12-15)10-14-9-13(11-19-14)5-2-3-8-17/h9,11,17-18H,3-4,6-8,10,12H2,1H3. The first-order valence-electron chi connectivity index (χ1n) is 6.71. The number of likely N-dealkylation sites (tertiary alicyclic amines) is 1. The molecular formula is C15H21NO2S. The number of hydrogen-bond donors (Lipinski definition) is 2. The van der Waals surface area contributed by atoms with E-state index in [4.69, 9.17) is 5.11 Å². The van der Waals surface area contributed by atoms with E-state index in [0.29, 0.717) is 6.42 Å². The second-order valence-electron chi connectivity index (χ2n) is 5.39. The lowest BCUT2D eigenvalue weighted by molar-refractivity contribution is -0.0178. The predicted molar refractivity (Wildman–Crippen MR) is 78.0 cm³/mol. The van der Waals surface area contributed by atoms with Crippen LogP contribution in [0.15, 0.2) is 11.4 Å². The van der Waals surface area contributed by atoms with Gasteiger partial charge in [0.1, 0.15) is 0 Å². The number of hydrogen-bond acceptors (Lipinski definition) is 4. The minimum atomic E-state index is -0.542. The van der Waals surface area contributed by atoms with Crippen LogP contribution in [-0.2, 0) is 6.54 Å². The Morgan fingerprint density at radius 2 is 2.37 bits per heavy atom. The van der Waals surface area contributed by atoms with Crippen LogP contribution in [0.5, 0.6) is 0 Å². The maximum absolute atomic E-state index is 10.1. The SMILES string of the molecule is CC1(O)CCCN(Cc2cc(C#CCCO)cs2)C1. The Kier molecular flexibility index (Phi) is 5.00. The highest BCUT2D eigenvalue weighted by molar-refractivity contribution is 7.10. The number of thiophene rings is 1. The first-order valence-corrected chi connectivity index (χ1v) is 7.59. The van der Waals surface area contributed by atoms with Crippen LogP contribution in [0.1, 0.15) is 36.6 Å². The van der Waals surface area contributed by atoms with Crippen molar-refractivity contribution in [3.8, 4) is 11.8 Å². The number of aliphatic hydroxyl groups is 2. The summed E-state index contributed by atoms with van der Waals surface area (Å²) in [6.45, 7) is 4.73. The summed E-state index contributed by atoms with van der Waals surface area (Å²) < 4.78 is 0. The summed E-state index contributed by atoms with van der Waals surface area (Å²) in [5, 5.41) is 20.8. The number of rotatable bonds is 3. The molecule has 2 heterocycles. The van der Waals surface area contributed by atoms with Crippen molar-refractivity contribution in [1.29, 1.82) is 0 Å². The summed E-state index contributed by atoms with van der Waals surface area (Å²) >= 11 is 1.71. The molecule has 1 fully saturated rings. The van der Waals surface area contributed by atoms with Gasteiger partial charge < -0.3 is 10.2 Å². The smallest absolute Gasteiger partial charge is 0.0746 e. The van der Waals surface area contributed by atoms with Crippen LogP contribution in [-0.4, -0.2) is 40.4 Å². The van der Waals surface area contributed by atoms with Gasteiger partial charge >= 0.3 is 0 Å². The Balaban J connectivity index is 1.91. The highest BCUT2D eigenvalue weighted by atomic mass is 32.1. The molecule has 0 bridgehead atoms. The van der Waals surface area contributed by atoms with E-state index in [1.165, 1.54) is 4.88 Å². The lowest BCUT2D eigenvalue weighted by atomic mass is 9.95. The van der Waals surface area contributed by atoms with E-state index in [2.05, 4.69) is 28.2 Å². The van der Waals surface area contributed by atoms with Crippen LogP contribution in [0.25, 0.3) is 0 Å². The van der Waals surface area contributed by atoms with Gasteiger partial charge in [0.25, 0.3) is 0 Å². The fourth-order valence-electron chi connectivity index (χ4n) is 2.43. The average molecular weight is 279 g/mol. The fraction of sp³-hybridized carbons (Fsp3) is 0.600. The molecule has 0 aromatic carbocycles. The second-order valence-corrected chi connectivity index (χ2v) is 6.38. The number of piperidine rings is 1. The normalized spacial score (nSPS) is 23.9. The maximum atomic E-state index is 10.1. The van der Waals surface area contributed by atoms with E-state index in [-0.39, 0.29) is 6.61 Å². The molecule has 1 aromatic heterocycles. The van der Waals surface area contributed by atoms with Crippen LogP contribution in [0.4, 0.5) is 0 Å². The zero-order valence-corrected chi connectivity index (χ0v) is 12.2. The largest absolute Gasteiger partial charge is 0.395 e. The van der Waals surface area contributed by atoms with Gasteiger partial charge in [0, 0.05) is 35.3 Å². The van der Waals surface area contributed by atoms with Gasteiger partial charge in [-0.25, -0.2) is 0 Å². The second kappa shape index (κ2) is 6.53. The summed E-state index contributed by atoms with van der Waals surface area (Å²) in [7, 11) is 0. The summed E-state index contributed by atoms with van der Waals surface area (Å²) in [4.78, 5) is 3.59. The zero-order chi connectivity index (χ0) is 13.7. The molecule has 1 aromatic rings. The molecule has 1 unspecified atom stereocenters. The third-order valence-electron chi connectivity index (χ3n) is 3.26. The van der Waals surface area contributed by atoms with Crippen LogP contribution in [0.2, 0.25) is 0 Å². The first-order chi connectivity index (χ1) is 9.09. The highest BCUT2D eigenvalue weighted by Gasteiger charge is 2.28. The van der Waals surface area contributed by atoms with Crippen molar-refractivity contribution in [2.24, 2.45) is 0 Å². The van der Waals surface area contributed by atoms with Crippen molar-refractivity contribution >= 4 is 11.3 Å². The molecule has 19 heavy (non-hydrogen) atoms. The Morgan fingerprint density at radius 3 is 3.11 bits per heavy atom. The molecule has 0 spiro atoms. The van der Waals surface area contributed by atoms with Crippen molar-refractivity contribution in [3.63, 3.8) is 0 Å². The first kappa shape index (κ1) is 14.5. The zero-order valence-electron chi connectivity index (χ0n) is 11.4. The van der Waals surface area contributed by atoms with E-state index < -0.39 is 5.60 Å². The highest BCUT2D eigenvalue weighted by Crippen LogP contribution is 2.23. The monoisotopic (exact) mass is 279 g/mol.